The molecule has 0 bridgehead atoms. The van der Waals surface area contributed by atoms with Gasteiger partial charge in [-0.3, -0.25) is 14.4 Å². The molecule has 0 amide bonds. The second-order valence-corrected chi connectivity index (χ2v) is 19.6. The summed E-state index contributed by atoms with van der Waals surface area (Å²) in [6.07, 6.45) is 60.5. The summed E-state index contributed by atoms with van der Waals surface area (Å²) in [5, 5.41) is 0. The van der Waals surface area contributed by atoms with E-state index in [4.69, 9.17) is 14.2 Å². The number of allylic oxidation sites excluding steroid dienone is 2. The van der Waals surface area contributed by atoms with Crippen LogP contribution in [0.5, 0.6) is 0 Å². The van der Waals surface area contributed by atoms with Gasteiger partial charge in [-0.15, -0.1) is 0 Å². The van der Waals surface area contributed by atoms with Crippen LogP contribution in [0.4, 0.5) is 0 Å². The van der Waals surface area contributed by atoms with Crippen LogP contribution in [-0.2, 0) is 28.6 Å². The zero-order chi connectivity index (χ0) is 46.5. The van der Waals surface area contributed by atoms with E-state index in [1.165, 1.54) is 218 Å². The van der Waals surface area contributed by atoms with E-state index in [-0.39, 0.29) is 31.1 Å². The summed E-state index contributed by atoms with van der Waals surface area (Å²) in [7, 11) is 0. The molecule has 0 aliphatic heterocycles. The molecule has 0 aromatic carbocycles. The lowest BCUT2D eigenvalue weighted by Crippen LogP contribution is -2.30. The summed E-state index contributed by atoms with van der Waals surface area (Å²) in [6.45, 7) is 6.69. The van der Waals surface area contributed by atoms with E-state index in [9.17, 15) is 14.4 Å². The minimum atomic E-state index is -0.767. The Morgan fingerprint density at radius 2 is 0.516 bits per heavy atom. The van der Waals surface area contributed by atoms with Crippen LogP contribution in [-0.4, -0.2) is 37.2 Å². The van der Waals surface area contributed by atoms with Gasteiger partial charge in [-0.1, -0.05) is 270 Å². The molecule has 0 aliphatic carbocycles. The third-order valence-corrected chi connectivity index (χ3v) is 13.0. The van der Waals surface area contributed by atoms with Crippen molar-refractivity contribution >= 4 is 17.9 Å². The van der Waals surface area contributed by atoms with Crippen LogP contribution in [0, 0.1) is 0 Å². The van der Waals surface area contributed by atoms with Gasteiger partial charge >= 0.3 is 17.9 Å². The molecule has 1 unspecified atom stereocenters. The van der Waals surface area contributed by atoms with Gasteiger partial charge in [0.05, 0.1) is 0 Å². The highest BCUT2D eigenvalue weighted by Crippen LogP contribution is 2.17. The highest BCUT2D eigenvalue weighted by atomic mass is 16.6. The summed E-state index contributed by atoms with van der Waals surface area (Å²) in [6, 6.07) is 0. The first-order chi connectivity index (χ1) is 31.5. The van der Waals surface area contributed by atoms with E-state index in [1.54, 1.807) is 0 Å². The molecule has 0 radical (unpaired) electrons. The molecule has 64 heavy (non-hydrogen) atoms. The molecule has 0 heterocycles. The summed E-state index contributed by atoms with van der Waals surface area (Å²) in [5.74, 6) is -0.852. The Kier molecular flexibility index (Phi) is 52.2. The van der Waals surface area contributed by atoms with E-state index in [1.807, 2.05) is 0 Å². The number of rotatable bonds is 53. The molecule has 6 nitrogen and oxygen atoms in total. The average Bonchev–Trinajstić information content (AvgIpc) is 3.29. The summed E-state index contributed by atoms with van der Waals surface area (Å²) < 4.78 is 16.9. The van der Waals surface area contributed by atoms with E-state index in [0.717, 1.165) is 64.2 Å². The highest BCUT2D eigenvalue weighted by molar-refractivity contribution is 5.71. The van der Waals surface area contributed by atoms with E-state index < -0.39 is 6.10 Å². The first-order valence-corrected chi connectivity index (χ1v) is 28.7. The Morgan fingerprint density at radius 1 is 0.297 bits per heavy atom. The second-order valence-electron chi connectivity index (χ2n) is 19.6. The maximum atomic E-state index is 12.8. The highest BCUT2D eigenvalue weighted by Gasteiger charge is 2.19. The zero-order valence-electron chi connectivity index (χ0n) is 43.3. The van der Waals surface area contributed by atoms with Crippen LogP contribution in [0.1, 0.15) is 323 Å². The van der Waals surface area contributed by atoms with Crippen LogP contribution in [0.15, 0.2) is 12.2 Å². The SMILES string of the molecule is CCCCCCCCCCC/C=C\CCCCCCCC(=O)OCC(COC(=O)CCCCCCCCCCCCCCC)OC(=O)CCCCCCCCCCCCCCCCC. The number of esters is 3. The summed E-state index contributed by atoms with van der Waals surface area (Å²) in [4.78, 5) is 38.1. The standard InChI is InChI=1S/C58H110O6/c1-4-7-10-13-16-19-22-25-27-28-29-31-33-36-39-42-45-48-51-57(60)63-54-55(53-62-56(59)50-47-44-41-38-35-32-24-21-18-15-12-9-6-3)64-58(61)52-49-46-43-40-37-34-30-26-23-20-17-14-11-8-5-2/h29,31,55H,4-28,30,32-54H2,1-3H3/b31-29-. The molecule has 378 valence electrons. The monoisotopic (exact) mass is 903 g/mol. The zero-order valence-corrected chi connectivity index (χ0v) is 43.3. The number of hydrogen-bond acceptors (Lipinski definition) is 6. The normalized spacial score (nSPS) is 12.0. The van der Waals surface area contributed by atoms with Crippen molar-refractivity contribution in [2.24, 2.45) is 0 Å². The van der Waals surface area contributed by atoms with Crippen molar-refractivity contribution in [2.45, 2.75) is 329 Å². The predicted molar refractivity (Wildman–Crippen MR) is 275 cm³/mol. The Morgan fingerprint density at radius 3 is 0.781 bits per heavy atom. The van der Waals surface area contributed by atoms with Gasteiger partial charge in [0.1, 0.15) is 13.2 Å². The van der Waals surface area contributed by atoms with Gasteiger partial charge in [0, 0.05) is 19.3 Å². The van der Waals surface area contributed by atoms with E-state index in [0.29, 0.717) is 19.3 Å². The maximum Gasteiger partial charge on any atom is 0.306 e. The van der Waals surface area contributed by atoms with Gasteiger partial charge < -0.3 is 14.2 Å². The van der Waals surface area contributed by atoms with Crippen LogP contribution in [0.25, 0.3) is 0 Å². The molecule has 0 aromatic heterocycles. The number of hydrogen-bond donors (Lipinski definition) is 0. The fourth-order valence-corrected chi connectivity index (χ4v) is 8.68. The molecule has 0 aromatic rings. The van der Waals surface area contributed by atoms with Crippen molar-refractivity contribution < 1.29 is 28.6 Å². The molecule has 0 fully saturated rings. The Hall–Kier alpha value is -1.85. The Bertz CT molecular complexity index is 993. The van der Waals surface area contributed by atoms with E-state index >= 15 is 0 Å². The van der Waals surface area contributed by atoms with Crippen molar-refractivity contribution in [3.05, 3.63) is 12.2 Å². The molecule has 1 atom stereocenters. The summed E-state index contributed by atoms with van der Waals surface area (Å²) >= 11 is 0. The third kappa shape index (κ3) is 51.1. The van der Waals surface area contributed by atoms with Crippen LogP contribution < -0.4 is 0 Å². The quantitative estimate of drug-likeness (QED) is 0.0262. The van der Waals surface area contributed by atoms with Crippen molar-refractivity contribution in [2.75, 3.05) is 13.2 Å². The number of carbonyl (C=O) groups is 3. The fraction of sp³-hybridized carbons (Fsp3) is 0.914. The van der Waals surface area contributed by atoms with Crippen molar-refractivity contribution in [3.63, 3.8) is 0 Å². The smallest absolute Gasteiger partial charge is 0.306 e. The minimum absolute atomic E-state index is 0.0667. The largest absolute Gasteiger partial charge is 0.462 e. The van der Waals surface area contributed by atoms with Crippen molar-refractivity contribution in [1.29, 1.82) is 0 Å². The predicted octanol–water partition coefficient (Wildman–Crippen LogP) is 18.9. The summed E-state index contributed by atoms with van der Waals surface area (Å²) in [5.41, 5.74) is 0. The van der Waals surface area contributed by atoms with Gasteiger partial charge in [-0.25, -0.2) is 0 Å². The molecule has 0 saturated heterocycles. The van der Waals surface area contributed by atoms with E-state index in [2.05, 4.69) is 32.9 Å². The second kappa shape index (κ2) is 53.8. The molecule has 0 saturated carbocycles. The average molecular weight is 904 g/mol. The maximum absolute atomic E-state index is 12.8. The van der Waals surface area contributed by atoms with Crippen LogP contribution in [0.3, 0.4) is 0 Å². The molecular formula is C58H110O6. The molecule has 0 aliphatic rings. The molecular weight excluding hydrogens is 793 g/mol. The number of ether oxygens (including phenoxy) is 3. The molecule has 0 N–H and O–H groups in total. The molecule has 0 rings (SSSR count). The van der Waals surface area contributed by atoms with Crippen molar-refractivity contribution in [3.8, 4) is 0 Å². The topological polar surface area (TPSA) is 78.9 Å². The lowest BCUT2D eigenvalue weighted by molar-refractivity contribution is -0.167. The fourth-order valence-electron chi connectivity index (χ4n) is 8.68. The first kappa shape index (κ1) is 62.1. The lowest BCUT2D eigenvalue weighted by Gasteiger charge is -2.18. The molecule has 0 spiro atoms. The first-order valence-electron chi connectivity index (χ1n) is 28.7. The van der Waals surface area contributed by atoms with Gasteiger partial charge in [0.2, 0.25) is 0 Å². The minimum Gasteiger partial charge on any atom is -0.462 e. The van der Waals surface area contributed by atoms with Crippen LogP contribution in [0.2, 0.25) is 0 Å². The Labute approximate surface area is 399 Å². The van der Waals surface area contributed by atoms with Gasteiger partial charge in [-0.2, -0.15) is 0 Å². The van der Waals surface area contributed by atoms with Crippen molar-refractivity contribution in [1.82, 2.24) is 0 Å². The third-order valence-electron chi connectivity index (χ3n) is 13.0. The number of unbranched alkanes of at least 4 members (excludes halogenated alkanes) is 40. The lowest BCUT2D eigenvalue weighted by atomic mass is 10.0. The van der Waals surface area contributed by atoms with Gasteiger partial charge in [0.25, 0.3) is 0 Å². The number of carbonyl (C=O) groups excluding carboxylic acids is 3. The Balaban J connectivity index is 4.31. The van der Waals surface area contributed by atoms with Gasteiger partial charge in [0.15, 0.2) is 6.10 Å². The molecule has 6 heteroatoms. The van der Waals surface area contributed by atoms with Gasteiger partial charge in [-0.05, 0) is 44.9 Å². The van der Waals surface area contributed by atoms with Crippen LogP contribution >= 0.6 is 0 Å².